The molecule has 0 bridgehead atoms. The van der Waals surface area contributed by atoms with E-state index >= 15 is 0 Å². The molecule has 2 nitrogen and oxygen atoms in total. The van der Waals surface area contributed by atoms with Crippen LogP contribution in [0.4, 0.5) is 0 Å². The molecule has 0 aliphatic heterocycles. The van der Waals surface area contributed by atoms with Crippen LogP contribution in [0.15, 0.2) is 30.3 Å². The summed E-state index contributed by atoms with van der Waals surface area (Å²) in [6.07, 6.45) is 2.43. The third-order valence-electron chi connectivity index (χ3n) is 4.03. The summed E-state index contributed by atoms with van der Waals surface area (Å²) in [6, 6.07) is 10.6. The fourth-order valence-electron chi connectivity index (χ4n) is 2.42. The van der Waals surface area contributed by atoms with E-state index in [9.17, 15) is 0 Å². The normalized spacial score (nSPS) is 18.9. The van der Waals surface area contributed by atoms with E-state index in [1.165, 1.54) is 18.4 Å². The second-order valence-electron chi connectivity index (χ2n) is 5.08. The van der Waals surface area contributed by atoms with Crippen molar-refractivity contribution in [3.05, 3.63) is 35.9 Å². The smallest absolute Gasteiger partial charge is 0.0743 e. The van der Waals surface area contributed by atoms with Gasteiger partial charge in [0.1, 0.15) is 0 Å². The largest absolute Gasteiger partial charge is 0.304 e. The van der Waals surface area contributed by atoms with Crippen molar-refractivity contribution in [2.75, 3.05) is 6.61 Å². The van der Waals surface area contributed by atoms with Crippen LogP contribution in [-0.2, 0) is 10.3 Å². The second-order valence-corrected chi connectivity index (χ2v) is 5.08. The van der Waals surface area contributed by atoms with Crippen molar-refractivity contribution in [3.8, 4) is 0 Å². The first kappa shape index (κ1) is 10.7. The van der Waals surface area contributed by atoms with E-state index in [2.05, 4.69) is 44.2 Å². The monoisotopic (exact) mass is 205 g/mol. The molecule has 2 N–H and O–H groups in total. The van der Waals surface area contributed by atoms with Crippen molar-refractivity contribution in [2.45, 2.75) is 32.1 Å². The van der Waals surface area contributed by atoms with Crippen LogP contribution in [0.3, 0.4) is 0 Å². The Morgan fingerprint density at radius 3 is 2.33 bits per heavy atom. The zero-order valence-electron chi connectivity index (χ0n) is 9.49. The Balaban J connectivity index is 2.27. The average molecular weight is 205 g/mol. The molecule has 15 heavy (non-hydrogen) atoms. The number of rotatable bonds is 4. The first-order valence-electron chi connectivity index (χ1n) is 5.50. The van der Waals surface area contributed by atoms with Crippen LogP contribution in [-0.4, -0.2) is 6.61 Å². The summed E-state index contributed by atoms with van der Waals surface area (Å²) >= 11 is 0. The van der Waals surface area contributed by atoms with Crippen molar-refractivity contribution < 1.29 is 4.84 Å². The Morgan fingerprint density at radius 2 is 1.87 bits per heavy atom. The zero-order chi connectivity index (χ0) is 10.9. The van der Waals surface area contributed by atoms with Crippen LogP contribution in [0.2, 0.25) is 0 Å². The molecule has 0 atom stereocenters. The highest BCUT2D eigenvalue weighted by atomic mass is 16.6. The second kappa shape index (κ2) is 3.62. The minimum atomic E-state index is 0.146. The molecule has 0 aromatic heterocycles. The minimum Gasteiger partial charge on any atom is -0.304 e. The van der Waals surface area contributed by atoms with E-state index in [4.69, 9.17) is 10.7 Å². The van der Waals surface area contributed by atoms with Crippen molar-refractivity contribution >= 4 is 0 Å². The van der Waals surface area contributed by atoms with Crippen molar-refractivity contribution in [1.82, 2.24) is 0 Å². The summed E-state index contributed by atoms with van der Waals surface area (Å²) in [5.74, 6) is 5.23. The van der Waals surface area contributed by atoms with E-state index < -0.39 is 0 Å². The highest BCUT2D eigenvalue weighted by Gasteiger charge is 2.55. The number of benzene rings is 1. The molecule has 0 amide bonds. The van der Waals surface area contributed by atoms with Crippen molar-refractivity contribution in [3.63, 3.8) is 0 Å². The predicted octanol–water partition coefficient (Wildman–Crippen LogP) is 2.63. The third-order valence-corrected chi connectivity index (χ3v) is 4.03. The maximum atomic E-state index is 5.23. The Labute approximate surface area is 91.4 Å². The van der Waals surface area contributed by atoms with Gasteiger partial charge in [-0.3, -0.25) is 0 Å². The molecule has 82 valence electrons. The first-order valence-corrected chi connectivity index (χ1v) is 5.50. The molecule has 1 fully saturated rings. The Bertz CT molecular complexity index is 328. The lowest BCUT2D eigenvalue weighted by Crippen LogP contribution is -2.34. The molecule has 0 heterocycles. The molecule has 1 aliphatic carbocycles. The number of hydrogen-bond donors (Lipinski definition) is 1. The van der Waals surface area contributed by atoms with Crippen LogP contribution in [0.5, 0.6) is 0 Å². The predicted molar refractivity (Wildman–Crippen MR) is 61.3 cm³/mol. The summed E-state index contributed by atoms with van der Waals surface area (Å²) < 4.78 is 0. The SMILES string of the molecule is CC(C)(c1ccccc1)C1(CON)CC1. The molecule has 1 aliphatic rings. The van der Waals surface area contributed by atoms with Crippen molar-refractivity contribution in [2.24, 2.45) is 11.3 Å². The van der Waals surface area contributed by atoms with Crippen LogP contribution >= 0.6 is 0 Å². The Morgan fingerprint density at radius 1 is 1.27 bits per heavy atom. The van der Waals surface area contributed by atoms with E-state index in [0.29, 0.717) is 6.61 Å². The van der Waals surface area contributed by atoms with Crippen molar-refractivity contribution in [1.29, 1.82) is 0 Å². The quantitative estimate of drug-likeness (QED) is 0.767. The summed E-state index contributed by atoms with van der Waals surface area (Å²) in [4.78, 5) is 4.88. The highest BCUT2D eigenvalue weighted by Crippen LogP contribution is 2.59. The molecule has 2 rings (SSSR count). The molecule has 1 aromatic carbocycles. The molecule has 0 saturated heterocycles. The van der Waals surface area contributed by atoms with E-state index in [0.717, 1.165) is 0 Å². The van der Waals surface area contributed by atoms with E-state index in [1.807, 2.05) is 0 Å². The van der Waals surface area contributed by atoms with Gasteiger partial charge in [-0.25, -0.2) is 5.90 Å². The van der Waals surface area contributed by atoms with Gasteiger partial charge in [0.25, 0.3) is 0 Å². The molecular weight excluding hydrogens is 186 g/mol. The third kappa shape index (κ3) is 1.68. The zero-order valence-corrected chi connectivity index (χ0v) is 9.49. The van der Waals surface area contributed by atoms with Gasteiger partial charge in [-0.15, -0.1) is 0 Å². The number of nitrogens with two attached hydrogens (primary N) is 1. The fraction of sp³-hybridized carbons (Fsp3) is 0.538. The molecule has 1 saturated carbocycles. The first-order chi connectivity index (χ1) is 7.12. The summed E-state index contributed by atoms with van der Waals surface area (Å²) in [5.41, 5.74) is 1.77. The maximum Gasteiger partial charge on any atom is 0.0743 e. The number of hydrogen-bond acceptors (Lipinski definition) is 2. The lowest BCUT2D eigenvalue weighted by Gasteiger charge is -2.34. The van der Waals surface area contributed by atoms with Crippen LogP contribution < -0.4 is 5.90 Å². The Hall–Kier alpha value is -0.860. The van der Waals surface area contributed by atoms with E-state index in [-0.39, 0.29) is 10.8 Å². The lowest BCUT2D eigenvalue weighted by molar-refractivity contribution is 0.0604. The molecule has 0 unspecified atom stereocenters. The highest BCUT2D eigenvalue weighted by molar-refractivity contribution is 5.29. The van der Waals surface area contributed by atoms with Crippen LogP contribution in [0.25, 0.3) is 0 Å². The lowest BCUT2D eigenvalue weighted by atomic mass is 9.71. The average Bonchev–Trinajstić information content (AvgIpc) is 3.01. The fourth-order valence-corrected chi connectivity index (χ4v) is 2.42. The van der Waals surface area contributed by atoms with Gasteiger partial charge in [0.05, 0.1) is 6.61 Å². The summed E-state index contributed by atoms with van der Waals surface area (Å²) in [7, 11) is 0. The van der Waals surface area contributed by atoms with Gasteiger partial charge in [-0.05, 0) is 23.8 Å². The summed E-state index contributed by atoms with van der Waals surface area (Å²) in [5, 5.41) is 0. The standard InChI is InChI=1S/C13H19NO/c1-12(2,11-6-4-3-5-7-11)13(8-9-13)10-15-14/h3-7H,8-10,14H2,1-2H3. The van der Waals surface area contributed by atoms with Gasteiger partial charge in [-0.1, -0.05) is 44.2 Å². The minimum absolute atomic E-state index is 0.146. The van der Waals surface area contributed by atoms with Crippen LogP contribution in [0.1, 0.15) is 32.3 Å². The maximum absolute atomic E-state index is 5.23. The Kier molecular flexibility index (Phi) is 2.57. The van der Waals surface area contributed by atoms with Gasteiger partial charge in [0.15, 0.2) is 0 Å². The van der Waals surface area contributed by atoms with Gasteiger partial charge >= 0.3 is 0 Å². The van der Waals surface area contributed by atoms with Crippen LogP contribution in [0, 0.1) is 5.41 Å². The molecule has 0 spiro atoms. The topological polar surface area (TPSA) is 35.2 Å². The van der Waals surface area contributed by atoms with Gasteiger partial charge in [0, 0.05) is 5.41 Å². The van der Waals surface area contributed by atoms with E-state index in [1.54, 1.807) is 0 Å². The van der Waals surface area contributed by atoms with Gasteiger partial charge < -0.3 is 4.84 Å². The molecule has 0 radical (unpaired) electrons. The van der Waals surface area contributed by atoms with Gasteiger partial charge in [0.2, 0.25) is 0 Å². The molecule has 2 heteroatoms. The van der Waals surface area contributed by atoms with Gasteiger partial charge in [-0.2, -0.15) is 0 Å². The molecule has 1 aromatic rings. The summed E-state index contributed by atoms with van der Waals surface area (Å²) in [6.45, 7) is 5.23. The molecular formula is C13H19NO.